The van der Waals surface area contributed by atoms with Crippen molar-refractivity contribution in [3.05, 3.63) is 33.8 Å². The van der Waals surface area contributed by atoms with Gasteiger partial charge in [-0.25, -0.2) is 0 Å². The third-order valence-corrected chi connectivity index (χ3v) is 2.75. The highest BCUT2D eigenvalue weighted by molar-refractivity contribution is 9.10. The SMILES string of the molecule is Cc1cc(Br)ccc1C(=O)NCO[PH](=O)O. The Morgan fingerprint density at radius 1 is 1.62 bits per heavy atom. The van der Waals surface area contributed by atoms with Gasteiger partial charge in [-0.05, 0) is 30.7 Å². The van der Waals surface area contributed by atoms with Crippen LogP contribution >= 0.6 is 24.2 Å². The Kier molecular flexibility index (Phi) is 5.15. The molecule has 0 saturated carbocycles. The maximum absolute atomic E-state index is 11.6. The molecule has 0 saturated heterocycles. The molecule has 16 heavy (non-hydrogen) atoms. The highest BCUT2D eigenvalue weighted by Gasteiger charge is 2.08. The molecule has 0 heterocycles. The lowest BCUT2D eigenvalue weighted by atomic mass is 10.1. The van der Waals surface area contributed by atoms with E-state index < -0.39 is 8.25 Å². The number of carbonyl (C=O) groups excluding carboxylic acids is 1. The van der Waals surface area contributed by atoms with Gasteiger partial charge in [0.25, 0.3) is 5.91 Å². The fourth-order valence-electron chi connectivity index (χ4n) is 1.14. The van der Waals surface area contributed by atoms with Gasteiger partial charge in [-0.2, -0.15) is 0 Å². The van der Waals surface area contributed by atoms with Crippen LogP contribution in [0, 0.1) is 6.92 Å². The molecule has 0 spiro atoms. The minimum absolute atomic E-state index is 0.275. The summed E-state index contributed by atoms with van der Waals surface area (Å²) in [5, 5.41) is 2.38. The molecular weight excluding hydrogens is 297 g/mol. The molecule has 7 heteroatoms. The normalized spacial score (nSPS) is 12.2. The van der Waals surface area contributed by atoms with Gasteiger partial charge in [0.05, 0.1) is 0 Å². The average Bonchev–Trinajstić information content (AvgIpc) is 2.16. The monoisotopic (exact) mass is 307 g/mol. The summed E-state index contributed by atoms with van der Waals surface area (Å²) < 4.78 is 15.5. The average molecular weight is 308 g/mol. The third kappa shape index (κ3) is 4.06. The van der Waals surface area contributed by atoms with Crippen molar-refractivity contribution in [1.29, 1.82) is 0 Å². The molecule has 2 N–H and O–H groups in total. The fourth-order valence-corrected chi connectivity index (χ4v) is 1.81. The topological polar surface area (TPSA) is 75.6 Å². The lowest BCUT2D eigenvalue weighted by molar-refractivity contribution is 0.0918. The number of hydrogen-bond donors (Lipinski definition) is 2. The Balaban J connectivity index is 2.63. The van der Waals surface area contributed by atoms with Crippen LogP contribution in [0.25, 0.3) is 0 Å². The molecule has 1 atom stereocenters. The highest BCUT2D eigenvalue weighted by atomic mass is 79.9. The highest BCUT2D eigenvalue weighted by Crippen LogP contribution is 2.16. The molecule has 0 aliphatic rings. The standard InChI is InChI=1S/C9H11BrNO4P/c1-6-4-7(10)2-3-8(6)9(12)11-5-15-16(13)14/h2-4,16H,5H2,1H3,(H,11,12)(H,13,14). The number of aryl methyl sites for hydroxylation is 1. The van der Waals surface area contributed by atoms with Crippen LogP contribution in [0.3, 0.4) is 0 Å². The molecular formula is C9H11BrNO4P. The lowest BCUT2D eigenvalue weighted by Gasteiger charge is -2.07. The molecule has 1 aromatic carbocycles. The van der Waals surface area contributed by atoms with E-state index in [0.29, 0.717) is 5.56 Å². The first-order chi connectivity index (χ1) is 7.50. The van der Waals surface area contributed by atoms with Crippen LogP contribution in [0.1, 0.15) is 15.9 Å². The third-order valence-electron chi connectivity index (χ3n) is 1.86. The molecule has 1 aromatic rings. The Bertz CT molecular complexity index is 424. The van der Waals surface area contributed by atoms with E-state index in [2.05, 4.69) is 25.8 Å². The van der Waals surface area contributed by atoms with Crippen molar-refractivity contribution in [1.82, 2.24) is 5.32 Å². The zero-order valence-electron chi connectivity index (χ0n) is 8.49. The molecule has 0 bridgehead atoms. The van der Waals surface area contributed by atoms with E-state index in [-0.39, 0.29) is 12.6 Å². The van der Waals surface area contributed by atoms with Crippen LogP contribution in [0.4, 0.5) is 0 Å². The molecule has 88 valence electrons. The van der Waals surface area contributed by atoms with Crippen LogP contribution in [0.2, 0.25) is 0 Å². The second kappa shape index (κ2) is 6.15. The van der Waals surface area contributed by atoms with Crippen LogP contribution in [0.15, 0.2) is 22.7 Å². The summed E-state index contributed by atoms with van der Waals surface area (Å²) in [6.07, 6.45) is 0. The van der Waals surface area contributed by atoms with Gasteiger partial charge in [-0.1, -0.05) is 15.9 Å². The van der Waals surface area contributed by atoms with Crippen molar-refractivity contribution >= 4 is 30.1 Å². The van der Waals surface area contributed by atoms with Crippen LogP contribution in [0.5, 0.6) is 0 Å². The summed E-state index contributed by atoms with van der Waals surface area (Å²) in [6.45, 7) is 1.53. The largest absolute Gasteiger partial charge is 0.329 e. The quantitative estimate of drug-likeness (QED) is 0.657. The zero-order valence-corrected chi connectivity index (χ0v) is 11.1. The second-order valence-corrected chi connectivity index (χ2v) is 4.76. The minimum atomic E-state index is -3.00. The van der Waals surface area contributed by atoms with Crippen molar-refractivity contribution in [2.75, 3.05) is 6.73 Å². The maximum atomic E-state index is 11.6. The number of halogens is 1. The molecule has 0 aliphatic carbocycles. The Morgan fingerprint density at radius 2 is 2.31 bits per heavy atom. The molecule has 1 unspecified atom stereocenters. The molecule has 0 aliphatic heterocycles. The number of amides is 1. The van der Waals surface area contributed by atoms with Crippen LogP contribution in [-0.4, -0.2) is 17.5 Å². The van der Waals surface area contributed by atoms with Crippen molar-refractivity contribution in [3.63, 3.8) is 0 Å². The molecule has 0 aromatic heterocycles. The summed E-state index contributed by atoms with van der Waals surface area (Å²) in [4.78, 5) is 20.0. The number of nitrogens with one attached hydrogen (secondary N) is 1. The van der Waals surface area contributed by atoms with E-state index in [0.717, 1.165) is 10.0 Å². The first-order valence-electron chi connectivity index (χ1n) is 4.41. The molecule has 5 nitrogen and oxygen atoms in total. The van der Waals surface area contributed by atoms with Crippen LogP contribution in [-0.2, 0) is 9.09 Å². The van der Waals surface area contributed by atoms with Gasteiger partial charge in [-0.3, -0.25) is 13.9 Å². The van der Waals surface area contributed by atoms with Crippen LogP contribution < -0.4 is 5.32 Å². The summed E-state index contributed by atoms with van der Waals surface area (Å²) in [5.41, 5.74) is 1.31. The first kappa shape index (κ1) is 13.4. The zero-order chi connectivity index (χ0) is 12.1. The predicted molar refractivity (Wildman–Crippen MR) is 63.5 cm³/mol. The molecule has 1 rings (SSSR count). The van der Waals surface area contributed by atoms with Gasteiger partial charge in [0, 0.05) is 10.0 Å². The Labute approximate surface area is 102 Å². The van der Waals surface area contributed by atoms with Gasteiger partial charge in [0.2, 0.25) is 0 Å². The van der Waals surface area contributed by atoms with Gasteiger partial charge in [0.1, 0.15) is 6.73 Å². The van der Waals surface area contributed by atoms with Crippen molar-refractivity contribution < 1.29 is 18.8 Å². The summed E-state index contributed by atoms with van der Waals surface area (Å²) in [5.74, 6) is -0.340. The van der Waals surface area contributed by atoms with Gasteiger partial charge < -0.3 is 10.2 Å². The van der Waals surface area contributed by atoms with E-state index >= 15 is 0 Å². The number of carbonyl (C=O) groups is 1. The van der Waals surface area contributed by atoms with E-state index in [4.69, 9.17) is 4.89 Å². The predicted octanol–water partition coefficient (Wildman–Crippen LogP) is 1.84. The molecule has 0 fully saturated rings. The first-order valence-corrected chi connectivity index (χ1v) is 6.46. The summed E-state index contributed by atoms with van der Waals surface area (Å²) >= 11 is 3.29. The fraction of sp³-hybridized carbons (Fsp3) is 0.222. The van der Waals surface area contributed by atoms with Gasteiger partial charge >= 0.3 is 8.25 Å². The minimum Gasteiger partial charge on any atom is -0.329 e. The van der Waals surface area contributed by atoms with Crippen molar-refractivity contribution in [2.24, 2.45) is 0 Å². The Hall–Kier alpha value is -0.680. The van der Waals surface area contributed by atoms with Gasteiger partial charge in [0.15, 0.2) is 0 Å². The van der Waals surface area contributed by atoms with E-state index in [1.807, 2.05) is 6.07 Å². The van der Waals surface area contributed by atoms with E-state index in [9.17, 15) is 9.36 Å². The molecule has 0 radical (unpaired) electrons. The number of rotatable bonds is 4. The summed E-state index contributed by atoms with van der Waals surface area (Å²) in [6, 6.07) is 5.22. The number of benzene rings is 1. The second-order valence-electron chi connectivity index (χ2n) is 3.02. The van der Waals surface area contributed by atoms with E-state index in [1.54, 1.807) is 19.1 Å². The van der Waals surface area contributed by atoms with E-state index in [1.165, 1.54) is 0 Å². The smallest absolute Gasteiger partial charge is 0.318 e. The number of hydrogen-bond acceptors (Lipinski definition) is 3. The Morgan fingerprint density at radius 3 is 2.88 bits per heavy atom. The van der Waals surface area contributed by atoms with Crippen molar-refractivity contribution in [2.45, 2.75) is 6.92 Å². The maximum Gasteiger partial charge on any atom is 0.318 e. The van der Waals surface area contributed by atoms with Gasteiger partial charge in [-0.15, -0.1) is 0 Å². The summed E-state index contributed by atoms with van der Waals surface area (Å²) in [7, 11) is -3.00. The lowest BCUT2D eigenvalue weighted by Crippen LogP contribution is -2.25. The van der Waals surface area contributed by atoms with Crippen molar-refractivity contribution in [3.8, 4) is 0 Å². The molecule has 1 amide bonds.